The van der Waals surface area contributed by atoms with Gasteiger partial charge in [0.1, 0.15) is 17.8 Å². The van der Waals surface area contributed by atoms with Gasteiger partial charge in [0.05, 0.1) is 12.0 Å². The Bertz CT molecular complexity index is 1400. The molecule has 4 amide bonds. The molecule has 0 bridgehead atoms. The van der Waals surface area contributed by atoms with Gasteiger partial charge in [-0.3, -0.25) is 19.2 Å². The summed E-state index contributed by atoms with van der Waals surface area (Å²) in [6, 6.07) is 21.8. The topological polar surface area (TPSA) is 177 Å². The number of nitrogens with two attached hydrogens (primary N) is 2. The van der Waals surface area contributed by atoms with Crippen LogP contribution in [-0.2, 0) is 38.4 Å². The zero-order valence-corrected chi connectivity index (χ0v) is 24.7. The number of carbonyl (C=O) groups is 4. The van der Waals surface area contributed by atoms with Crippen molar-refractivity contribution >= 4 is 23.6 Å². The lowest BCUT2D eigenvalue weighted by Crippen LogP contribution is -2.57. The highest BCUT2D eigenvalue weighted by Crippen LogP contribution is 2.25. The van der Waals surface area contributed by atoms with Crippen molar-refractivity contribution in [2.45, 2.75) is 69.1 Å². The number of phenolic OH excluding ortho intramolecular Hbond substituents is 1. The van der Waals surface area contributed by atoms with E-state index in [0.29, 0.717) is 12.8 Å². The van der Waals surface area contributed by atoms with Gasteiger partial charge < -0.3 is 32.5 Å². The third kappa shape index (κ3) is 9.40. The molecule has 10 nitrogen and oxygen atoms in total. The van der Waals surface area contributed by atoms with Crippen molar-refractivity contribution in [1.29, 1.82) is 0 Å². The predicted octanol–water partition coefficient (Wildman–Crippen LogP) is 1.88. The lowest BCUT2D eigenvalue weighted by atomic mass is 9.83. The number of rotatable bonds is 13. The average molecular weight is 600 g/mol. The summed E-state index contributed by atoms with van der Waals surface area (Å²) >= 11 is 0. The maximum Gasteiger partial charge on any atom is 0.243 e. The van der Waals surface area contributed by atoms with E-state index >= 15 is 0 Å². The third-order valence-corrected chi connectivity index (χ3v) is 8.02. The maximum absolute atomic E-state index is 13.7. The number of aromatic hydroxyl groups is 1. The number of amides is 4. The molecule has 4 rings (SSSR count). The van der Waals surface area contributed by atoms with Crippen LogP contribution < -0.4 is 27.4 Å². The second-order valence-corrected chi connectivity index (χ2v) is 11.4. The molecule has 0 radical (unpaired) electrons. The Hall–Kier alpha value is -4.70. The van der Waals surface area contributed by atoms with Gasteiger partial charge in [-0.2, -0.15) is 0 Å². The Morgan fingerprint density at radius 1 is 0.705 bits per heavy atom. The molecule has 0 aliphatic heterocycles. The number of hydrogen-bond acceptors (Lipinski definition) is 6. The maximum atomic E-state index is 13.7. The van der Waals surface area contributed by atoms with Crippen molar-refractivity contribution < 1.29 is 24.3 Å². The molecule has 1 aliphatic carbocycles. The molecule has 0 saturated heterocycles. The van der Waals surface area contributed by atoms with Gasteiger partial charge in [-0.1, -0.05) is 85.6 Å². The predicted molar refractivity (Wildman–Crippen MR) is 167 cm³/mol. The molecule has 1 aliphatic rings. The Labute approximate surface area is 257 Å². The van der Waals surface area contributed by atoms with Crippen LogP contribution in [0, 0.1) is 5.92 Å². The zero-order valence-electron chi connectivity index (χ0n) is 24.7. The number of nitrogens with one attached hydrogen (secondary N) is 3. The zero-order chi connectivity index (χ0) is 31.5. The highest BCUT2D eigenvalue weighted by atomic mass is 16.3. The van der Waals surface area contributed by atoms with E-state index in [1.807, 2.05) is 60.7 Å². The first-order chi connectivity index (χ1) is 21.2. The summed E-state index contributed by atoms with van der Waals surface area (Å²) in [6.07, 6.45) is 3.49. The lowest BCUT2D eigenvalue weighted by molar-refractivity contribution is -0.134. The summed E-state index contributed by atoms with van der Waals surface area (Å²) < 4.78 is 0. The van der Waals surface area contributed by atoms with E-state index < -0.39 is 41.9 Å². The van der Waals surface area contributed by atoms with E-state index in [9.17, 15) is 24.3 Å². The van der Waals surface area contributed by atoms with Crippen LogP contribution in [-0.4, -0.2) is 52.9 Å². The van der Waals surface area contributed by atoms with Crippen molar-refractivity contribution in [3.63, 3.8) is 0 Å². The number of hydrogen-bond donors (Lipinski definition) is 6. The van der Waals surface area contributed by atoms with Crippen LogP contribution in [0.3, 0.4) is 0 Å². The van der Waals surface area contributed by atoms with Crippen LogP contribution in [0.1, 0.15) is 42.4 Å². The van der Waals surface area contributed by atoms with Crippen molar-refractivity contribution in [2.75, 3.05) is 0 Å². The van der Waals surface area contributed by atoms with Crippen molar-refractivity contribution in [2.24, 2.45) is 17.4 Å². The number of carbonyl (C=O) groups excluding carboxylic acids is 4. The first-order valence-electron chi connectivity index (χ1n) is 15.0. The SMILES string of the molecule is NC(=O)[C@H](Cc1ccccc1)NC(=O)[C@H](Cc1ccccc1)NC(=O)[C@H]1CCCC[C@@H]1NC(=O)[C@@H](N)Cc1ccc(O)cc1. The second-order valence-electron chi connectivity index (χ2n) is 11.4. The summed E-state index contributed by atoms with van der Waals surface area (Å²) in [7, 11) is 0. The minimum absolute atomic E-state index is 0.128. The second kappa shape index (κ2) is 15.7. The normalized spacial score (nSPS) is 18.3. The van der Waals surface area contributed by atoms with E-state index in [0.717, 1.165) is 29.5 Å². The lowest BCUT2D eigenvalue weighted by Gasteiger charge is -2.33. The summed E-state index contributed by atoms with van der Waals surface area (Å²) in [6.45, 7) is 0. The largest absolute Gasteiger partial charge is 0.508 e. The average Bonchev–Trinajstić information content (AvgIpc) is 3.02. The van der Waals surface area contributed by atoms with Crippen LogP contribution in [0.15, 0.2) is 84.9 Å². The summed E-state index contributed by atoms with van der Waals surface area (Å²) in [5.41, 5.74) is 14.3. The Kier molecular flexibility index (Phi) is 11.5. The fourth-order valence-electron chi connectivity index (χ4n) is 5.57. The number of phenols is 1. The molecule has 0 unspecified atom stereocenters. The van der Waals surface area contributed by atoms with Gasteiger partial charge in [-0.05, 0) is 48.1 Å². The van der Waals surface area contributed by atoms with Gasteiger partial charge in [0.2, 0.25) is 23.6 Å². The molecule has 44 heavy (non-hydrogen) atoms. The monoisotopic (exact) mass is 599 g/mol. The first kappa shape index (κ1) is 32.2. The van der Waals surface area contributed by atoms with E-state index in [4.69, 9.17) is 11.5 Å². The fraction of sp³-hybridized carbons (Fsp3) is 0.353. The van der Waals surface area contributed by atoms with Crippen molar-refractivity contribution in [1.82, 2.24) is 16.0 Å². The van der Waals surface area contributed by atoms with Crippen LogP contribution in [0.5, 0.6) is 5.75 Å². The van der Waals surface area contributed by atoms with Gasteiger partial charge in [0.25, 0.3) is 0 Å². The Balaban J connectivity index is 1.45. The summed E-state index contributed by atoms with van der Waals surface area (Å²) in [4.78, 5) is 52.6. The minimum Gasteiger partial charge on any atom is -0.508 e. The van der Waals surface area contributed by atoms with Gasteiger partial charge in [-0.25, -0.2) is 0 Å². The van der Waals surface area contributed by atoms with Gasteiger partial charge >= 0.3 is 0 Å². The molecule has 232 valence electrons. The van der Waals surface area contributed by atoms with Gasteiger partial charge in [-0.15, -0.1) is 0 Å². The third-order valence-electron chi connectivity index (χ3n) is 8.02. The molecule has 10 heteroatoms. The highest BCUT2D eigenvalue weighted by molar-refractivity contribution is 5.92. The molecular weight excluding hydrogens is 558 g/mol. The molecule has 5 atom stereocenters. The quantitative estimate of drug-likeness (QED) is 0.175. The summed E-state index contributed by atoms with van der Waals surface area (Å²) in [5, 5.41) is 18.1. The van der Waals surface area contributed by atoms with E-state index in [1.165, 1.54) is 12.1 Å². The van der Waals surface area contributed by atoms with Crippen LogP contribution in [0.25, 0.3) is 0 Å². The van der Waals surface area contributed by atoms with Crippen LogP contribution in [0.2, 0.25) is 0 Å². The van der Waals surface area contributed by atoms with E-state index in [1.54, 1.807) is 12.1 Å². The van der Waals surface area contributed by atoms with Crippen molar-refractivity contribution in [3.8, 4) is 5.75 Å². The fourth-order valence-corrected chi connectivity index (χ4v) is 5.57. The molecule has 3 aromatic carbocycles. The Morgan fingerprint density at radius 3 is 1.84 bits per heavy atom. The standard InChI is InChI=1S/C34H41N5O5/c35-27(19-24-15-17-25(40)18-16-24)33(43)37-28-14-8-7-13-26(28)32(42)39-30(21-23-11-5-2-6-12-23)34(44)38-29(31(36)41)20-22-9-3-1-4-10-22/h1-6,9-12,15-18,26-30,40H,7-8,13-14,19-21,35H2,(H2,36,41)(H,37,43)(H,38,44)(H,39,42)/t26-,27-,28-,29-,30-/m0/s1. The number of benzene rings is 3. The summed E-state index contributed by atoms with van der Waals surface area (Å²) in [5.74, 6) is -2.34. The smallest absolute Gasteiger partial charge is 0.243 e. The highest BCUT2D eigenvalue weighted by Gasteiger charge is 2.35. The van der Waals surface area contributed by atoms with E-state index in [-0.39, 0.29) is 36.8 Å². The van der Waals surface area contributed by atoms with Crippen LogP contribution in [0.4, 0.5) is 0 Å². The molecular formula is C34H41N5O5. The molecule has 1 saturated carbocycles. The van der Waals surface area contributed by atoms with Crippen molar-refractivity contribution in [3.05, 3.63) is 102 Å². The molecule has 1 fully saturated rings. The Morgan fingerprint density at radius 2 is 1.25 bits per heavy atom. The van der Waals surface area contributed by atoms with Crippen LogP contribution >= 0.6 is 0 Å². The number of primary amides is 1. The molecule has 0 heterocycles. The molecule has 8 N–H and O–H groups in total. The van der Waals surface area contributed by atoms with E-state index in [2.05, 4.69) is 16.0 Å². The molecule has 3 aromatic rings. The van der Waals surface area contributed by atoms with Gasteiger partial charge in [0.15, 0.2) is 0 Å². The van der Waals surface area contributed by atoms with Gasteiger partial charge in [0, 0.05) is 18.9 Å². The molecule has 0 aromatic heterocycles. The molecule has 0 spiro atoms. The minimum atomic E-state index is -0.974. The first-order valence-corrected chi connectivity index (χ1v) is 15.0.